The Morgan fingerprint density at radius 3 is 0.700 bits per heavy atom. The number of aryl methyl sites for hydroxylation is 4. The largest absolute Gasteiger partial charge is 0.0617 e. The van der Waals surface area contributed by atoms with Crippen LogP contribution in [0.5, 0.6) is 0 Å². The molecule has 8 aromatic carbocycles. The van der Waals surface area contributed by atoms with Gasteiger partial charge in [-0.05, 0) is 183 Å². The Kier molecular flexibility index (Phi) is 11.6. The molecule has 0 aromatic heterocycles. The molecule has 0 N–H and O–H groups in total. The summed E-state index contributed by atoms with van der Waals surface area (Å²) in [5.41, 5.74) is 22.6. The van der Waals surface area contributed by atoms with E-state index >= 15 is 0 Å². The normalized spacial score (nSPS) is 12.2. The van der Waals surface area contributed by atoms with E-state index in [0.29, 0.717) is 23.7 Å². The summed E-state index contributed by atoms with van der Waals surface area (Å²) in [5, 5.41) is 8.25. The molecule has 8 rings (SSSR count). The van der Waals surface area contributed by atoms with Gasteiger partial charge in [-0.25, -0.2) is 0 Å². The van der Waals surface area contributed by atoms with Gasteiger partial charge in [-0.3, -0.25) is 0 Å². The predicted octanol–water partition coefficient (Wildman–Crippen LogP) is 18.0. The van der Waals surface area contributed by atoms with E-state index in [2.05, 4.69) is 192 Å². The Bertz CT molecular complexity index is 2470. The van der Waals surface area contributed by atoms with Gasteiger partial charge in [0.2, 0.25) is 0 Å². The molecule has 0 saturated carbocycles. The Morgan fingerprint density at radius 2 is 0.517 bits per heavy atom. The van der Waals surface area contributed by atoms with Crippen molar-refractivity contribution >= 4 is 32.3 Å². The van der Waals surface area contributed by atoms with E-state index < -0.39 is 0 Å². The van der Waals surface area contributed by atoms with Gasteiger partial charge in [0.1, 0.15) is 0 Å². The van der Waals surface area contributed by atoms with Crippen molar-refractivity contribution in [3.63, 3.8) is 0 Å². The molecule has 60 heavy (non-hydrogen) atoms. The van der Waals surface area contributed by atoms with Crippen molar-refractivity contribution < 1.29 is 0 Å². The molecule has 0 aliphatic heterocycles. The highest BCUT2D eigenvalue weighted by molar-refractivity contribution is 6.32. The standard InChI is InChI=1S/C60H66/c1-13-39-21-17-25-43(35(5)6)55(39)51-33-52(56-40(14-2)22-18-26-44(56)36(7)8)48-31-32-50-54(58-42(16-4)24-20-28-46(58)38(11)12)34-53(49-30-29-47(51)59(48)60(49)50)57-41(15-3)23-19-27-45(57)37(9)10/h17-38H,13-16H2,1-12H3. The van der Waals surface area contributed by atoms with Crippen LogP contribution in [0.1, 0.15) is 151 Å². The topological polar surface area (TPSA) is 0 Å². The second-order valence-electron chi connectivity index (χ2n) is 18.6. The number of rotatable bonds is 12. The van der Waals surface area contributed by atoms with Gasteiger partial charge >= 0.3 is 0 Å². The van der Waals surface area contributed by atoms with E-state index in [-0.39, 0.29) is 0 Å². The van der Waals surface area contributed by atoms with E-state index in [1.54, 1.807) is 0 Å². The lowest BCUT2D eigenvalue weighted by Crippen LogP contribution is -2.03. The minimum Gasteiger partial charge on any atom is -0.0617 e. The first-order valence-corrected chi connectivity index (χ1v) is 23.2. The zero-order valence-electron chi connectivity index (χ0n) is 38.5. The second kappa shape index (κ2) is 16.7. The molecule has 0 heteroatoms. The average Bonchev–Trinajstić information content (AvgIpc) is 3.26. The summed E-state index contributed by atoms with van der Waals surface area (Å²) in [7, 11) is 0. The van der Waals surface area contributed by atoms with Crippen molar-refractivity contribution in [2.24, 2.45) is 0 Å². The molecule has 0 heterocycles. The van der Waals surface area contributed by atoms with Crippen LogP contribution in [0.3, 0.4) is 0 Å². The quantitative estimate of drug-likeness (QED) is 0.108. The van der Waals surface area contributed by atoms with Gasteiger partial charge in [-0.15, -0.1) is 0 Å². The molecular formula is C60H66. The molecule has 0 atom stereocenters. The number of benzene rings is 8. The summed E-state index contributed by atoms with van der Waals surface area (Å²) < 4.78 is 0. The van der Waals surface area contributed by atoms with Crippen LogP contribution < -0.4 is 0 Å². The molecule has 306 valence electrons. The van der Waals surface area contributed by atoms with Crippen molar-refractivity contribution in [3.8, 4) is 44.5 Å². The molecule has 0 aliphatic rings. The van der Waals surface area contributed by atoms with Crippen molar-refractivity contribution in [1.29, 1.82) is 0 Å². The van der Waals surface area contributed by atoms with E-state index in [4.69, 9.17) is 0 Å². The predicted molar refractivity (Wildman–Crippen MR) is 266 cm³/mol. The van der Waals surface area contributed by atoms with E-state index in [1.807, 2.05) is 0 Å². The van der Waals surface area contributed by atoms with Gasteiger partial charge < -0.3 is 0 Å². The first-order chi connectivity index (χ1) is 28.9. The third kappa shape index (κ3) is 6.76. The Balaban J connectivity index is 1.69. The third-order valence-electron chi connectivity index (χ3n) is 13.7. The van der Waals surface area contributed by atoms with Crippen LogP contribution in [0.15, 0.2) is 109 Å². The first-order valence-electron chi connectivity index (χ1n) is 23.2. The van der Waals surface area contributed by atoms with E-state index in [1.165, 1.54) is 121 Å². The van der Waals surface area contributed by atoms with E-state index in [0.717, 1.165) is 25.7 Å². The van der Waals surface area contributed by atoms with Crippen molar-refractivity contribution in [1.82, 2.24) is 0 Å². The number of hydrogen-bond donors (Lipinski definition) is 0. The average molecular weight is 787 g/mol. The second-order valence-corrected chi connectivity index (χ2v) is 18.6. The maximum Gasteiger partial charge on any atom is -0.00139 e. The van der Waals surface area contributed by atoms with Crippen molar-refractivity contribution in [2.45, 2.75) is 132 Å². The fourth-order valence-corrected chi connectivity index (χ4v) is 10.7. The van der Waals surface area contributed by atoms with Crippen LogP contribution in [0.25, 0.3) is 76.8 Å². The SMILES string of the molecule is CCc1cccc(C(C)C)c1-c1cc(-c2c(CC)cccc2C(C)C)c2ccc3c(-c4c(CC)cccc4C(C)C)cc(-c4c(CC)cccc4C(C)C)c4ccc1c2c43. The molecule has 0 aliphatic carbocycles. The Morgan fingerprint density at radius 1 is 0.300 bits per heavy atom. The fraction of sp³-hybridized carbons (Fsp3) is 0.333. The highest BCUT2D eigenvalue weighted by atomic mass is 14.3. The Labute approximate surface area is 361 Å². The molecule has 0 fully saturated rings. The zero-order valence-corrected chi connectivity index (χ0v) is 38.5. The third-order valence-corrected chi connectivity index (χ3v) is 13.7. The molecule has 0 saturated heterocycles. The molecule has 0 amide bonds. The zero-order chi connectivity index (χ0) is 42.6. The molecule has 0 radical (unpaired) electrons. The van der Waals surface area contributed by atoms with Crippen LogP contribution in [0, 0.1) is 0 Å². The minimum atomic E-state index is 0.390. The first kappa shape index (κ1) is 41.5. The summed E-state index contributed by atoms with van der Waals surface area (Å²) in [5.74, 6) is 1.56. The van der Waals surface area contributed by atoms with Crippen LogP contribution in [0.4, 0.5) is 0 Å². The molecule has 0 spiro atoms. The van der Waals surface area contributed by atoms with Gasteiger partial charge in [0.25, 0.3) is 0 Å². The monoisotopic (exact) mass is 787 g/mol. The summed E-state index contributed by atoms with van der Waals surface area (Å²) in [6.45, 7) is 28.3. The van der Waals surface area contributed by atoms with Gasteiger partial charge in [0, 0.05) is 0 Å². The lowest BCUT2D eigenvalue weighted by Gasteiger charge is -2.27. The maximum atomic E-state index is 2.61. The summed E-state index contributed by atoms with van der Waals surface area (Å²) >= 11 is 0. The van der Waals surface area contributed by atoms with E-state index in [9.17, 15) is 0 Å². The molecule has 0 bridgehead atoms. The highest BCUT2D eigenvalue weighted by Gasteiger charge is 2.27. The lowest BCUT2D eigenvalue weighted by molar-refractivity contribution is 0.864. The van der Waals surface area contributed by atoms with Crippen LogP contribution >= 0.6 is 0 Å². The van der Waals surface area contributed by atoms with Gasteiger partial charge in [0.05, 0.1) is 0 Å². The highest BCUT2D eigenvalue weighted by Crippen LogP contribution is 2.52. The Hall–Kier alpha value is -5.20. The maximum absolute atomic E-state index is 2.61. The van der Waals surface area contributed by atoms with Crippen LogP contribution in [-0.2, 0) is 25.7 Å². The van der Waals surface area contributed by atoms with Gasteiger partial charge in [0.15, 0.2) is 0 Å². The van der Waals surface area contributed by atoms with Crippen LogP contribution in [0.2, 0.25) is 0 Å². The summed E-state index contributed by atoms with van der Waals surface area (Å²) in [4.78, 5) is 0. The van der Waals surface area contributed by atoms with Gasteiger partial charge in [-0.1, -0.05) is 180 Å². The number of hydrogen-bond acceptors (Lipinski definition) is 0. The van der Waals surface area contributed by atoms with Gasteiger partial charge in [-0.2, -0.15) is 0 Å². The summed E-state index contributed by atoms with van der Waals surface area (Å²) in [6, 6.07) is 43.4. The molecule has 0 unspecified atom stereocenters. The smallest absolute Gasteiger partial charge is 0.00139 e. The molecular weight excluding hydrogens is 721 g/mol. The van der Waals surface area contributed by atoms with Crippen LogP contribution in [-0.4, -0.2) is 0 Å². The lowest BCUT2D eigenvalue weighted by atomic mass is 9.76. The molecule has 8 aromatic rings. The fourth-order valence-electron chi connectivity index (χ4n) is 10.7. The van der Waals surface area contributed by atoms with Crippen molar-refractivity contribution in [3.05, 3.63) is 154 Å². The molecule has 0 nitrogen and oxygen atoms in total. The summed E-state index contributed by atoms with van der Waals surface area (Å²) in [6.07, 6.45) is 3.95. The van der Waals surface area contributed by atoms with Crippen molar-refractivity contribution in [2.75, 3.05) is 0 Å². The minimum absolute atomic E-state index is 0.390.